The molecular formula is C25H26NO2P. The van der Waals surface area contributed by atoms with E-state index >= 15 is 0 Å². The van der Waals surface area contributed by atoms with Gasteiger partial charge in [0.1, 0.15) is 5.75 Å². The predicted molar refractivity (Wildman–Crippen MR) is 121 cm³/mol. The molecule has 4 rings (SSSR count). The summed E-state index contributed by atoms with van der Waals surface area (Å²) in [7, 11) is -1.29. The average Bonchev–Trinajstić information content (AvgIpc) is 2.91. The Balaban J connectivity index is 1.87. The normalized spacial score (nSPS) is 18.3. The molecule has 0 aliphatic carbocycles. The van der Waals surface area contributed by atoms with Crippen molar-refractivity contribution in [3.63, 3.8) is 0 Å². The van der Waals surface area contributed by atoms with Crippen molar-refractivity contribution in [2.24, 2.45) is 0 Å². The molecule has 1 aliphatic rings. The SMILES string of the molecule is Cc1ccccc1O[P@@](=O)(/C=C1\N(C)c2ccccc2C1(C)C)c1ccccc1. The molecule has 1 heterocycles. The standard InChI is InChI=1S/C25H26NO2P/c1-19-12-8-11-17-23(19)28-29(27,20-13-6-5-7-14-20)18-24-25(2,3)21-15-9-10-16-22(21)26(24)4/h5-18H,1-4H3/b24-18-/t29-/m0/s1. The minimum Gasteiger partial charge on any atom is -0.437 e. The van der Waals surface area contributed by atoms with Gasteiger partial charge in [-0.15, -0.1) is 0 Å². The Morgan fingerprint density at radius 1 is 0.897 bits per heavy atom. The van der Waals surface area contributed by atoms with Crippen LogP contribution in [0.1, 0.15) is 25.0 Å². The average molecular weight is 403 g/mol. The number of para-hydroxylation sites is 2. The fraction of sp³-hybridized carbons (Fsp3) is 0.200. The largest absolute Gasteiger partial charge is 0.437 e. The quantitative estimate of drug-likeness (QED) is 0.483. The van der Waals surface area contributed by atoms with E-state index in [9.17, 15) is 4.57 Å². The number of hydrogen-bond donors (Lipinski definition) is 0. The van der Waals surface area contributed by atoms with Crippen LogP contribution in [-0.4, -0.2) is 7.05 Å². The molecule has 0 spiro atoms. The van der Waals surface area contributed by atoms with Crippen molar-refractivity contribution in [3.8, 4) is 5.75 Å². The van der Waals surface area contributed by atoms with Crippen LogP contribution < -0.4 is 14.7 Å². The van der Waals surface area contributed by atoms with E-state index in [4.69, 9.17) is 4.52 Å². The van der Waals surface area contributed by atoms with Gasteiger partial charge in [-0.05, 0) is 42.3 Å². The number of aryl methyl sites for hydroxylation is 1. The van der Waals surface area contributed by atoms with Crippen molar-refractivity contribution in [3.05, 3.63) is 102 Å². The monoisotopic (exact) mass is 403 g/mol. The maximum atomic E-state index is 14.4. The van der Waals surface area contributed by atoms with Crippen LogP contribution in [-0.2, 0) is 9.98 Å². The summed E-state index contributed by atoms with van der Waals surface area (Å²) >= 11 is 0. The fourth-order valence-electron chi connectivity index (χ4n) is 3.98. The minimum atomic E-state index is -3.32. The first-order valence-electron chi connectivity index (χ1n) is 9.80. The van der Waals surface area contributed by atoms with Gasteiger partial charge in [0, 0.05) is 29.7 Å². The van der Waals surface area contributed by atoms with Gasteiger partial charge >= 0.3 is 7.37 Å². The van der Waals surface area contributed by atoms with Crippen molar-refractivity contribution in [1.82, 2.24) is 0 Å². The van der Waals surface area contributed by atoms with Gasteiger partial charge in [0.15, 0.2) is 0 Å². The molecule has 0 unspecified atom stereocenters. The zero-order chi connectivity index (χ0) is 20.6. The predicted octanol–water partition coefficient (Wildman–Crippen LogP) is 6.25. The van der Waals surface area contributed by atoms with Crippen LogP contribution >= 0.6 is 7.37 Å². The second kappa shape index (κ2) is 7.24. The smallest absolute Gasteiger partial charge is 0.301 e. The molecule has 29 heavy (non-hydrogen) atoms. The zero-order valence-electron chi connectivity index (χ0n) is 17.3. The Hall–Kier alpha value is -2.77. The van der Waals surface area contributed by atoms with Gasteiger partial charge in [0.05, 0.1) is 5.30 Å². The van der Waals surface area contributed by atoms with E-state index in [2.05, 4.69) is 36.9 Å². The number of nitrogens with zero attached hydrogens (tertiary/aromatic N) is 1. The molecule has 4 heteroatoms. The highest BCUT2D eigenvalue weighted by atomic mass is 31.2. The molecule has 1 atom stereocenters. The van der Waals surface area contributed by atoms with Gasteiger partial charge in [-0.3, -0.25) is 4.57 Å². The van der Waals surface area contributed by atoms with Gasteiger partial charge in [0.25, 0.3) is 0 Å². The number of anilines is 1. The Morgan fingerprint density at radius 2 is 1.52 bits per heavy atom. The van der Waals surface area contributed by atoms with E-state index in [-0.39, 0.29) is 5.41 Å². The van der Waals surface area contributed by atoms with Crippen molar-refractivity contribution in [2.45, 2.75) is 26.2 Å². The van der Waals surface area contributed by atoms with Crippen LogP contribution in [0.4, 0.5) is 5.69 Å². The van der Waals surface area contributed by atoms with Crippen LogP contribution in [0.15, 0.2) is 90.4 Å². The van der Waals surface area contributed by atoms with Crippen LogP contribution in [0.25, 0.3) is 0 Å². The van der Waals surface area contributed by atoms with E-state index in [1.54, 1.807) is 0 Å². The number of hydrogen-bond acceptors (Lipinski definition) is 3. The highest BCUT2D eigenvalue weighted by Gasteiger charge is 2.41. The lowest BCUT2D eigenvalue weighted by Gasteiger charge is -2.27. The molecule has 0 fully saturated rings. The van der Waals surface area contributed by atoms with Gasteiger partial charge in [-0.1, -0.05) is 68.4 Å². The Labute approximate surface area is 173 Å². The number of benzene rings is 3. The third kappa shape index (κ3) is 3.41. The lowest BCUT2D eigenvalue weighted by Crippen LogP contribution is -2.24. The highest BCUT2D eigenvalue weighted by molar-refractivity contribution is 7.70. The van der Waals surface area contributed by atoms with Crippen molar-refractivity contribution in [1.29, 1.82) is 0 Å². The zero-order valence-corrected chi connectivity index (χ0v) is 18.2. The van der Waals surface area contributed by atoms with E-state index in [1.807, 2.05) is 80.5 Å². The first kappa shape index (κ1) is 19.5. The van der Waals surface area contributed by atoms with Crippen LogP contribution in [0, 0.1) is 6.92 Å². The molecule has 0 saturated heterocycles. The molecule has 0 N–H and O–H groups in total. The summed E-state index contributed by atoms with van der Waals surface area (Å²) in [5.41, 5.74) is 4.04. The van der Waals surface area contributed by atoms with Crippen molar-refractivity contribution < 1.29 is 9.09 Å². The maximum absolute atomic E-state index is 14.4. The van der Waals surface area contributed by atoms with E-state index in [0.29, 0.717) is 11.1 Å². The lowest BCUT2D eigenvalue weighted by atomic mass is 9.84. The highest BCUT2D eigenvalue weighted by Crippen LogP contribution is 2.55. The lowest BCUT2D eigenvalue weighted by molar-refractivity contribution is 0.498. The number of likely N-dealkylation sites (N-methyl/N-ethyl adjacent to an activating group) is 1. The van der Waals surface area contributed by atoms with Crippen molar-refractivity contribution >= 4 is 18.4 Å². The fourth-order valence-corrected chi connectivity index (χ4v) is 6.19. The number of allylic oxidation sites excluding steroid dienone is 1. The summed E-state index contributed by atoms with van der Waals surface area (Å²) in [5.74, 6) is 2.50. The van der Waals surface area contributed by atoms with Crippen LogP contribution in [0.2, 0.25) is 0 Å². The number of rotatable bonds is 4. The molecule has 3 aromatic carbocycles. The van der Waals surface area contributed by atoms with Gasteiger partial charge in [0.2, 0.25) is 0 Å². The van der Waals surface area contributed by atoms with E-state index < -0.39 is 7.37 Å². The van der Waals surface area contributed by atoms with E-state index in [1.165, 1.54) is 5.56 Å². The van der Waals surface area contributed by atoms with Crippen molar-refractivity contribution in [2.75, 3.05) is 11.9 Å². The number of fused-ring (bicyclic) bond motifs is 1. The molecule has 1 aliphatic heterocycles. The van der Waals surface area contributed by atoms with Gasteiger partial charge < -0.3 is 9.42 Å². The first-order valence-corrected chi connectivity index (χ1v) is 11.5. The summed E-state index contributed by atoms with van der Waals surface area (Å²) in [4.78, 5) is 2.13. The molecule has 3 aromatic rings. The summed E-state index contributed by atoms with van der Waals surface area (Å²) in [6, 6.07) is 25.5. The summed E-state index contributed by atoms with van der Waals surface area (Å²) in [5, 5.41) is 0.691. The third-order valence-corrected chi connectivity index (χ3v) is 7.75. The van der Waals surface area contributed by atoms with Gasteiger partial charge in [-0.25, -0.2) is 0 Å². The van der Waals surface area contributed by atoms with Crippen LogP contribution in [0.3, 0.4) is 0 Å². The first-order chi connectivity index (χ1) is 13.8. The second-order valence-corrected chi connectivity index (χ2v) is 10.2. The third-order valence-electron chi connectivity index (χ3n) is 5.68. The second-order valence-electron chi connectivity index (χ2n) is 8.00. The van der Waals surface area contributed by atoms with Crippen LogP contribution in [0.5, 0.6) is 5.75 Å². The van der Waals surface area contributed by atoms with Gasteiger partial charge in [-0.2, -0.15) is 0 Å². The maximum Gasteiger partial charge on any atom is 0.301 e. The molecular weight excluding hydrogens is 377 g/mol. The summed E-state index contributed by atoms with van der Waals surface area (Å²) < 4.78 is 20.6. The van der Waals surface area contributed by atoms with E-state index in [0.717, 1.165) is 16.9 Å². The molecule has 0 aromatic heterocycles. The molecule has 148 valence electrons. The Kier molecular flexibility index (Phi) is 4.88. The Bertz CT molecular complexity index is 1120. The molecule has 0 saturated carbocycles. The topological polar surface area (TPSA) is 29.5 Å². The Morgan fingerprint density at radius 3 is 2.21 bits per heavy atom. The molecule has 0 amide bonds. The summed E-state index contributed by atoms with van der Waals surface area (Å²) in [6.07, 6.45) is 0. The molecule has 0 radical (unpaired) electrons. The summed E-state index contributed by atoms with van der Waals surface area (Å²) in [6.45, 7) is 6.31. The minimum absolute atomic E-state index is 0.273. The molecule has 0 bridgehead atoms. The molecule has 3 nitrogen and oxygen atoms in total.